The zero-order chi connectivity index (χ0) is 22.7. The number of rotatable bonds is 5. The molecule has 3 aromatic rings. The van der Waals surface area contributed by atoms with Gasteiger partial charge < -0.3 is 9.64 Å². The molecular formula is C22H22F3N5O2. The van der Waals surface area contributed by atoms with E-state index in [1.165, 1.54) is 10.9 Å². The zero-order valence-corrected chi connectivity index (χ0v) is 17.4. The average Bonchev–Trinajstić information content (AvgIpc) is 3.32. The van der Waals surface area contributed by atoms with Crippen LogP contribution in [-0.2, 0) is 6.18 Å². The van der Waals surface area contributed by atoms with Crippen LogP contribution in [0.5, 0.6) is 5.88 Å². The van der Waals surface area contributed by atoms with Gasteiger partial charge in [-0.3, -0.25) is 4.79 Å². The summed E-state index contributed by atoms with van der Waals surface area (Å²) in [6, 6.07) is 7.71. The summed E-state index contributed by atoms with van der Waals surface area (Å²) in [5.74, 6) is 0.0680. The molecule has 0 spiro atoms. The number of aromatic nitrogens is 4. The van der Waals surface area contributed by atoms with Crippen LogP contribution in [0.4, 0.5) is 13.2 Å². The summed E-state index contributed by atoms with van der Waals surface area (Å²) in [7, 11) is 0. The highest BCUT2D eigenvalue weighted by Gasteiger charge is 2.31. The van der Waals surface area contributed by atoms with Crippen molar-refractivity contribution in [2.24, 2.45) is 5.92 Å². The van der Waals surface area contributed by atoms with E-state index in [2.05, 4.69) is 15.2 Å². The quantitative estimate of drug-likeness (QED) is 0.595. The van der Waals surface area contributed by atoms with Gasteiger partial charge in [0.15, 0.2) is 0 Å². The second kappa shape index (κ2) is 8.97. The molecule has 1 aliphatic rings. The Balaban J connectivity index is 1.42. The molecule has 1 saturated heterocycles. The zero-order valence-electron chi connectivity index (χ0n) is 17.4. The van der Waals surface area contributed by atoms with Crippen molar-refractivity contribution in [2.45, 2.75) is 25.9 Å². The van der Waals surface area contributed by atoms with Gasteiger partial charge in [-0.1, -0.05) is 11.6 Å². The molecule has 0 radical (unpaired) electrons. The van der Waals surface area contributed by atoms with Gasteiger partial charge >= 0.3 is 6.18 Å². The smallest absolute Gasteiger partial charge is 0.417 e. The standard InChI is InChI=1S/C22H22F3N5O2/c1-15-4-6-19(30-27-8-9-28-30)18(11-15)21(31)29-10-2-3-16(13-29)14-32-20-7-5-17(12-26-20)22(23,24)25/h4-9,11-12,16H,2-3,10,13-14H2,1H3. The minimum absolute atomic E-state index is 0.0490. The molecule has 3 heterocycles. The lowest BCUT2D eigenvalue weighted by molar-refractivity contribution is -0.137. The molecule has 0 bridgehead atoms. The summed E-state index contributed by atoms with van der Waals surface area (Å²) >= 11 is 0. The second-order valence-corrected chi connectivity index (χ2v) is 7.79. The van der Waals surface area contributed by atoms with Crippen molar-refractivity contribution in [3.63, 3.8) is 0 Å². The largest absolute Gasteiger partial charge is 0.477 e. The van der Waals surface area contributed by atoms with Gasteiger partial charge in [0.05, 0.1) is 35.8 Å². The van der Waals surface area contributed by atoms with Crippen LogP contribution in [0.15, 0.2) is 48.9 Å². The molecule has 7 nitrogen and oxygen atoms in total. The predicted molar refractivity (Wildman–Crippen MR) is 109 cm³/mol. The Morgan fingerprint density at radius 3 is 2.66 bits per heavy atom. The molecule has 10 heteroatoms. The lowest BCUT2D eigenvalue weighted by atomic mass is 9.97. The Bertz CT molecular complexity index is 1070. The molecule has 0 aliphatic carbocycles. The first-order valence-electron chi connectivity index (χ1n) is 10.2. The highest BCUT2D eigenvalue weighted by atomic mass is 19.4. The molecule has 168 valence electrons. The summed E-state index contributed by atoms with van der Waals surface area (Å²) in [6.45, 7) is 3.29. The van der Waals surface area contributed by atoms with Crippen molar-refractivity contribution >= 4 is 5.91 Å². The van der Waals surface area contributed by atoms with Gasteiger partial charge in [0, 0.05) is 31.3 Å². The molecule has 1 atom stereocenters. The van der Waals surface area contributed by atoms with Gasteiger partial charge in [0.25, 0.3) is 5.91 Å². The molecule has 0 saturated carbocycles. The van der Waals surface area contributed by atoms with Gasteiger partial charge in [0.2, 0.25) is 5.88 Å². The SMILES string of the molecule is Cc1ccc(-n2nccn2)c(C(=O)N2CCCC(COc3ccc(C(F)(F)F)cn3)C2)c1. The number of piperidine rings is 1. The first-order chi connectivity index (χ1) is 15.3. The third-order valence-corrected chi connectivity index (χ3v) is 5.35. The van der Waals surface area contributed by atoms with Gasteiger partial charge in [-0.25, -0.2) is 4.98 Å². The molecule has 4 rings (SSSR count). The van der Waals surface area contributed by atoms with Gasteiger partial charge in [0.1, 0.15) is 0 Å². The predicted octanol–water partition coefficient (Wildman–Crippen LogP) is 3.92. The lowest BCUT2D eigenvalue weighted by Gasteiger charge is -2.33. The van der Waals surface area contributed by atoms with Crippen LogP contribution in [0.3, 0.4) is 0 Å². The molecule has 1 aliphatic heterocycles. The number of benzene rings is 1. The molecule has 1 aromatic carbocycles. The van der Waals surface area contributed by atoms with E-state index >= 15 is 0 Å². The average molecular weight is 445 g/mol. The highest BCUT2D eigenvalue weighted by molar-refractivity contribution is 5.98. The fourth-order valence-corrected chi connectivity index (χ4v) is 3.73. The number of carbonyl (C=O) groups is 1. The molecule has 1 fully saturated rings. The number of alkyl halides is 3. The Morgan fingerprint density at radius 1 is 1.19 bits per heavy atom. The first-order valence-corrected chi connectivity index (χ1v) is 10.2. The third kappa shape index (κ3) is 4.90. The van der Waals surface area contributed by atoms with Crippen LogP contribution in [0.2, 0.25) is 0 Å². The topological polar surface area (TPSA) is 73.1 Å². The van der Waals surface area contributed by atoms with E-state index in [0.29, 0.717) is 24.3 Å². The van der Waals surface area contributed by atoms with Crippen molar-refractivity contribution in [1.82, 2.24) is 24.9 Å². The molecule has 1 unspecified atom stereocenters. The lowest BCUT2D eigenvalue weighted by Crippen LogP contribution is -2.42. The van der Waals surface area contributed by atoms with Gasteiger partial charge in [-0.2, -0.15) is 28.2 Å². The first kappa shape index (κ1) is 21.8. The Labute approximate surface area is 182 Å². The van der Waals surface area contributed by atoms with Crippen molar-refractivity contribution < 1.29 is 22.7 Å². The number of aryl methyl sites for hydroxylation is 1. The van der Waals surface area contributed by atoms with Crippen LogP contribution in [0, 0.1) is 12.8 Å². The summed E-state index contributed by atoms with van der Waals surface area (Å²) in [5.41, 5.74) is 1.26. The number of nitrogens with zero attached hydrogens (tertiary/aromatic N) is 5. The molecule has 32 heavy (non-hydrogen) atoms. The molecular weight excluding hydrogens is 423 g/mol. The third-order valence-electron chi connectivity index (χ3n) is 5.35. The summed E-state index contributed by atoms with van der Waals surface area (Å²) in [6.07, 6.45) is 1.09. The molecule has 0 N–H and O–H groups in total. The van der Waals surface area contributed by atoms with Crippen LogP contribution in [0.1, 0.15) is 34.3 Å². The van der Waals surface area contributed by atoms with E-state index in [4.69, 9.17) is 4.74 Å². The number of amides is 1. The van der Waals surface area contributed by atoms with E-state index in [-0.39, 0.29) is 24.3 Å². The Hall–Kier alpha value is -3.43. The van der Waals surface area contributed by atoms with Crippen molar-refractivity contribution in [1.29, 1.82) is 0 Å². The summed E-state index contributed by atoms with van der Waals surface area (Å²) in [4.78, 5) is 20.3. The van der Waals surface area contributed by atoms with Crippen molar-refractivity contribution in [3.05, 3.63) is 65.6 Å². The van der Waals surface area contributed by atoms with Crippen LogP contribution >= 0.6 is 0 Å². The number of ether oxygens (including phenoxy) is 1. The second-order valence-electron chi connectivity index (χ2n) is 7.79. The van der Waals surface area contributed by atoms with Gasteiger partial charge in [-0.15, -0.1) is 0 Å². The monoisotopic (exact) mass is 445 g/mol. The van der Waals surface area contributed by atoms with Crippen molar-refractivity contribution in [3.8, 4) is 11.6 Å². The number of likely N-dealkylation sites (tertiary alicyclic amines) is 1. The van der Waals surface area contributed by atoms with Crippen LogP contribution < -0.4 is 4.74 Å². The Kier molecular flexibility index (Phi) is 6.11. The number of hydrogen-bond donors (Lipinski definition) is 0. The van der Waals surface area contributed by atoms with E-state index in [0.717, 1.165) is 30.7 Å². The van der Waals surface area contributed by atoms with Crippen LogP contribution in [0.25, 0.3) is 5.69 Å². The maximum absolute atomic E-state index is 13.3. The normalized spacial score (nSPS) is 16.8. The summed E-state index contributed by atoms with van der Waals surface area (Å²) < 4.78 is 43.6. The maximum Gasteiger partial charge on any atom is 0.417 e. The van der Waals surface area contributed by atoms with E-state index in [1.807, 2.05) is 25.1 Å². The van der Waals surface area contributed by atoms with Crippen LogP contribution in [-0.4, -0.2) is 50.5 Å². The van der Waals surface area contributed by atoms with Gasteiger partial charge in [-0.05, 0) is 38.0 Å². The number of hydrogen-bond acceptors (Lipinski definition) is 5. The van der Waals surface area contributed by atoms with Crippen molar-refractivity contribution in [2.75, 3.05) is 19.7 Å². The fraction of sp³-hybridized carbons (Fsp3) is 0.364. The minimum Gasteiger partial charge on any atom is -0.477 e. The Morgan fingerprint density at radius 2 is 1.97 bits per heavy atom. The van der Waals surface area contributed by atoms with E-state index in [1.54, 1.807) is 17.3 Å². The van der Waals surface area contributed by atoms with E-state index < -0.39 is 11.7 Å². The molecule has 1 amide bonds. The number of carbonyl (C=O) groups excluding carboxylic acids is 1. The van der Waals surface area contributed by atoms with E-state index in [9.17, 15) is 18.0 Å². The summed E-state index contributed by atoms with van der Waals surface area (Å²) in [5, 5.41) is 8.28. The fourth-order valence-electron chi connectivity index (χ4n) is 3.73. The number of halogens is 3. The minimum atomic E-state index is -4.43. The highest BCUT2D eigenvalue weighted by Crippen LogP contribution is 2.29. The number of pyridine rings is 1. The maximum atomic E-state index is 13.3. The molecule has 2 aromatic heterocycles.